The Labute approximate surface area is 395 Å². The van der Waals surface area contributed by atoms with Crippen LogP contribution in [0.3, 0.4) is 0 Å². The van der Waals surface area contributed by atoms with E-state index in [0.29, 0.717) is 25.7 Å². The predicted octanol–water partition coefficient (Wildman–Crippen LogP) is 6.33. The maximum atomic E-state index is 13.0. The molecule has 0 saturated heterocycles. The van der Waals surface area contributed by atoms with Gasteiger partial charge in [0.05, 0.1) is 18.8 Å². The smallest absolute Gasteiger partial charge is 0.462 e. The maximum absolute atomic E-state index is 13.0. The van der Waals surface area contributed by atoms with Crippen molar-refractivity contribution in [2.24, 2.45) is 0 Å². The Morgan fingerprint density at radius 2 is 1.18 bits per heavy atom. The minimum Gasteiger partial charge on any atom is -0.462 e. The van der Waals surface area contributed by atoms with E-state index >= 15 is 0 Å². The Hall–Kier alpha value is -3.16. The molecule has 0 aromatic heterocycles. The van der Waals surface area contributed by atoms with Gasteiger partial charge in [0.2, 0.25) is 0 Å². The molecule has 5 unspecified atom stereocenters. The third-order valence-corrected chi connectivity index (χ3v) is 11.3. The lowest BCUT2D eigenvalue weighted by Gasteiger charge is -2.43. The number of phosphoric ester groups is 2. The maximum Gasteiger partial charge on any atom is 0.472 e. The van der Waals surface area contributed by atoms with Gasteiger partial charge in [-0.1, -0.05) is 137 Å². The van der Waals surface area contributed by atoms with Crippen molar-refractivity contribution in [2.45, 2.75) is 172 Å². The highest BCUT2D eigenvalue weighted by Gasteiger charge is 2.54. The van der Waals surface area contributed by atoms with Crippen LogP contribution in [0, 0.1) is 0 Å². The van der Waals surface area contributed by atoms with Crippen LogP contribution in [0.25, 0.3) is 0 Å². The fourth-order valence-electron chi connectivity index (χ4n) is 6.21. The van der Waals surface area contributed by atoms with Crippen LogP contribution in [0.1, 0.15) is 117 Å². The lowest BCUT2D eigenvalue weighted by molar-refractivity contribution is -0.216. The molecule has 18 nitrogen and oxygen atoms in total. The van der Waals surface area contributed by atoms with E-state index in [1.54, 1.807) is 36.5 Å². The first-order valence-corrected chi connectivity index (χ1v) is 26.0. The molecule has 0 aliphatic heterocycles. The molecule has 10 atom stereocenters. The molecule has 67 heavy (non-hydrogen) atoms. The van der Waals surface area contributed by atoms with Crippen molar-refractivity contribution in [3.05, 3.63) is 97.2 Å². The number of allylic oxidation sites excluding steroid dienone is 12. The minimum absolute atomic E-state index is 0.0552. The van der Waals surface area contributed by atoms with Crippen molar-refractivity contribution in [1.29, 1.82) is 0 Å². The van der Waals surface area contributed by atoms with Gasteiger partial charge >= 0.3 is 27.6 Å². The molecule has 0 aromatic rings. The molecule has 20 heteroatoms. The Kier molecular flexibility index (Phi) is 33.9. The number of esters is 2. The second kappa shape index (κ2) is 36.8. The highest BCUT2D eigenvalue weighted by Crippen LogP contribution is 2.49. The predicted molar refractivity (Wildman–Crippen MR) is 253 cm³/mol. The van der Waals surface area contributed by atoms with E-state index in [4.69, 9.17) is 28.3 Å². The number of rotatable bonds is 36. The first kappa shape index (κ1) is 61.9. The molecular weight excluding hydrogens is 914 g/mol. The second-order valence-corrected chi connectivity index (χ2v) is 18.4. The second-order valence-electron chi connectivity index (χ2n) is 15.8. The van der Waals surface area contributed by atoms with Crippen LogP contribution >= 0.6 is 15.6 Å². The molecule has 0 aromatic carbocycles. The number of carbonyl (C=O) groups excluding carboxylic acids is 2. The van der Waals surface area contributed by atoms with Gasteiger partial charge in [-0.3, -0.25) is 23.2 Å². The molecule has 9 N–H and O–H groups in total. The third-order valence-electron chi connectivity index (χ3n) is 9.80. The molecule has 0 amide bonds. The minimum atomic E-state index is -5.40. The summed E-state index contributed by atoms with van der Waals surface area (Å²) < 4.78 is 49.1. The zero-order valence-electron chi connectivity index (χ0n) is 38.8. The number of aliphatic hydroxyl groups is 6. The van der Waals surface area contributed by atoms with E-state index in [-0.39, 0.29) is 19.3 Å². The Morgan fingerprint density at radius 3 is 1.85 bits per heavy atom. The summed E-state index contributed by atoms with van der Waals surface area (Å²) in [6.07, 6.45) is 24.3. The van der Waals surface area contributed by atoms with Crippen molar-refractivity contribution in [3.63, 3.8) is 0 Å². The summed E-state index contributed by atoms with van der Waals surface area (Å²) in [5, 5.41) is 61.3. The van der Waals surface area contributed by atoms with Gasteiger partial charge in [0.1, 0.15) is 43.2 Å². The average molecular weight is 991 g/mol. The van der Waals surface area contributed by atoms with E-state index in [2.05, 4.69) is 35.8 Å². The van der Waals surface area contributed by atoms with Crippen molar-refractivity contribution < 1.29 is 87.1 Å². The van der Waals surface area contributed by atoms with Crippen LogP contribution in [0.15, 0.2) is 97.2 Å². The lowest BCUT2D eigenvalue weighted by atomic mass is 9.85. The number of phosphoric acid groups is 2. The van der Waals surface area contributed by atoms with Crippen LogP contribution < -0.4 is 0 Å². The Bertz CT molecular complexity index is 1700. The Balaban J connectivity index is 2.73. The first-order valence-electron chi connectivity index (χ1n) is 23.0. The zero-order chi connectivity index (χ0) is 49.9. The largest absolute Gasteiger partial charge is 0.472 e. The van der Waals surface area contributed by atoms with E-state index in [9.17, 15) is 54.3 Å². The summed E-state index contributed by atoms with van der Waals surface area (Å²) in [6, 6.07) is 0. The van der Waals surface area contributed by atoms with Crippen molar-refractivity contribution in [1.82, 2.24) is 0 Å². The van der Waals surface area contributed by atoms with Crippen molar-refractivity contribution >= 4 is 27.6 Å². The molecule has 0 radical (unpaired) electrons. The number of carbonyl (C=O) groups is 2. The quantitative estimate of drug-likeness (QED) is 0.0109. The Morgan fingerprint density at radius 1 is 0.582 bits per heavy atom. The number of hydrogen-bond donors (Lipinski definition) is 9. The average Bonchev–Trinajstić information content (AvgIpc) is 3.27. The number of aliphatic hydroxyl groups excluding tert-OH is 6. The number of ether oxygens (including phenoxy) is 2. The van der Waals surface area contributed by atoms with Crippen LogP contribution in [-0.2, 0) is 41.8 Å². The summed E-state index contributed by atoms with van der Waals surface area (Å²) in [5.41, 5.74) is 0. The SMILES string of the molecule is CC/C=C\C[C@H](O)/C=C/C=C\C/C=C\C=C\[C@H](O)/C=C\CCCC(=O)O[C@H](COC(=O)CCCCCCC/C=C\C/C=C\CCC)COP(=O)(O)O[C@H]1C(O)C(O)C(O)[C@@H](OP(=O)(O)O)C1O. The molecular formula is C47H76O18P2. The molecule has 382 valence electrons. The van der Waals surface area contributed by atoms with Crippen molar-refractivity contribution in [2.75, 3.05) is 13.2 Å². The molecule has 0 spiro atoms. The van der Waals surface area contributed by atoms with Gasteiger partial charge in [-0.15, -0.1) is 0 Å². The van der Waals surface area contributed by atoms with Gasteiger partial charge < -0.3 is 54.8 Å². The van der Waals surface area contributed by atoms with E-state index in [1.165, 1.54) is 6.08 Å². The summed E-state index contributed by atoms with van der Waals surface area (Å²) in [7, 11) is -10.8. The van der Waals surface area contributed by atoms with Crippen LogP contribution in [0.5, 0.6) is 0 Å². The molecule has 1 aliphatic rings. The molecule has 1 rings (SSSR count). The van der Waals surface area contributed by atoms with Gasteiger partial charge in [-0.05, 0) is 64.2 Å². The zero-order valence-corrected chi connectivity index (χ0v) is 40.5. The molecule has 0 heterocycles. The summed E-state index contributed by atoms with van der Waals surface area (Å²) in [6.45, 7) is 2.66. The van der Waals surface area contributed by atoms with Gasteiger partial charge in [-0.2, -0.15) is 0 Å². The molecule has 0 bridgehead atoms. The van der Waals surface area contributed by atoms with E-state index in [0.717, 1.165) is 57.8 Å². The number of hydrogen-bond acceptors (Lipinski definition) is 15. The summed E-state index contributed by atoms with van der Waals surface area (Å²) in [4.78, 5) is 54.2. The third kappa shape index (κ3) is 31.6. The molecule has 1 saturated carbocycles. The highest BCUT2D eigenvalue weighted by atomic mass is 31.2. The number of unbranched alkanes of at least 4 members (excludes halogenated alkanes) is 7. The van der Waals surface area contributed by atoms with Crippen molar-refractivity contribution in [3.8, 4) is 0 Å². The highest BCUT2D eigenvalue weighted by molar-refractivity contribution is 7.47. The molecule has 1 aliphatic carbocycles. The fraction of sp³-hybridized carbons (Fsp3) is 0.617. The normalized spacial score (nSPS) is 23.2. The summed E-state index contributed by atoms with van der Waals surface area (Å²) in [5.74, 6) is -1.42. The fourth-order valence-corrected chi connectivity index (χ4v) is 7.75. The van der Waals surface area contributed by atoms with E-state index in [1.807, 2.05) is 37.3 Å². The first-order chi connectivity index (χ1) is 31.9. The van der Waals surface area contributed by atoms with Gasteiger partial charge in [0.25, 0.3) is 0 Å². The standard InChI is InChI=1S/C47H76O18P2/c1-3-5-7-8-9-10-11-12-13-14-18-21-27-33-40(50)61-35-39(36-62-67(59,60)65-47-44(54)42(52)43(53)46(45(47)55)64-66(56,57)58)63-41(51)34-28-22-26-32-38(49)31-25-20-17-15-16-19-24-30-37(48)29-23-6-4-2/h6-8,10-11,16-17,19-20,23-26,30-32,37-39,42-49,52-55H,3-5,9,12-15,18,21-22,27-29,33-36H2,1-2H3,(H,59,60)(H2,56,57,58)/b8-7-,11-10-,19-16-,20-17-,23-6-,30-24+,31-25+,32-26-/t37-,38-,39+,42?,43?,44?,45?,46+,47-/m0/s1. The monoisotopic (exact) mass is 990 g/mol. The topological polar surface area (TPSA) is 296 Å². The van der Waals surface area contributed by atoms with Crippen LogP contribution in [-0.4, -0.2) is 125 Å². The van der Waals surface area contributed by atoms with Gasteiger partial charge in [0, 0.05) is 12.8 Å². The van der Waals surface area contributed by atoms with Gasteiger partial charge in [0.15, 0.2) is 6.10 Å². The lowest BCUT2D eigenvalue weighted by Crippen LogP contribution is -2.64. The van der Waals surface area contributed by atoms with Gasteiger partial charge in [-0.25, -0.2) is 9.13 Å². The van der Waals surface area contributed by atoms with E-state index < -0.39 is 95.7 Å². The van der Waals surface area contributed by atoms with Crippen LogP contribution in [0.4, 0.5) is 0 Å². The summed E-state index contributed by atoms with van der Waals surface area (Å²) >= 11 is 0. The molecule has 1 fully saturated rings. The van der Waals surface area contributed by atoms with Crippen LogP contribution in [0.2, 0.25) is 0 Å².